The van der Waals surface area contributed by atoms with Crippen molar-refractivity contribution in [1.29, 1.82) is 0 Å². The summed E-state index contributed by atoms with van der Waals surface area (Å²) in [7, 11) is 0. The Morgan fingerprint density at radius 3 is 1.69 bits per heavy atom. The van der Waals surface area contributed by atoms with E-state index in [0.717, 1.165) is 55.0 Å². The van der Waals surface area contributed by atoms with Gasteiger partial charge in [0, 0.05) is 32.7 Å². The fourth-order valence-electron chi connectivity index (χ4n) is 10.2. The van der Waals surface area contributed by atoms with Crippen LogP contribution in [0, 0.1) is 0 Å². The third-order valence-electron chi connectivity index (χ3n) is 12.5. The van der Waals surface area contributed by atoms with Crippen LogP contribution in [-0.2, 0) is 5.41 Å². The second kappa shape index (κ2) is 10.5. The van der Waals surface area contributed by atoms with E-state index < -0.39 is 5.41 Å². The molecular formula is C53H30O2. The van der Waals surface area contributed by atoms with E-state index in [-0.39, 0.29) is 0 Å². The van der Waals surface area contributed by atoms with E-state index in [1.54, 1.807) is 0 Å². The highest BCUT2D eigenvalue weighted by molar-refractivity contribution is 6.24. The Bertz CT molecular complexity index is 3430. The average Bonchev–Trinajstić information content (AvgIpc) is 3.91. The molecule has 0 radical (unpaired) electrons. The number of hydrogen-bond acceptors (Lipinski definition) is 2. The number of para-hydroxylation sites is 1. The first-order valence-electron chi connectivity index (χ1n) is 19.0. The largest absolute Gasteiger partial charge is 0.456 e. The molecule has 55 heavy (non-hydrogen) atoms. The number of rotatable bonds is 3. The quantitative estimate of drug-likeness (QED) is 0.172. The number of benzene rings is 10. The van der Waals surface area contributed by atoms with Gasteiger partial charge in [0.25, 0.3) is 0 Å². The highest BCUT2D eigenvalue weighted by Crippen LogP contribution is 2.61. The molecule has 0 fully saturated rings. The first-order chi connectivity index (χ1) is 27.3. The zero-order valence-electron chi connectivity index (χ0n) is 29.6. The van der Waals surface area contributed by atoms with Gasteiger partial charge in [-0.25, -0.2) is 0 Å². The van der Waals surface area contributed by atoms with Gasteiger partial charge in [0.2, 0.25) is 0 Å². The molecule has 2 heteroatoms. The van der Waals surface area contributed by atoms with Gasteiger partial charge in [-0.2, -0.15) is 0 Å². The summed E-state index contributed by atoms with van der Waals surface area (Å²) < 4.78 is 13.7. The number of hydrogen-bond donors (Lipinski definition) is 0. The van der Waals surface area contributed by atoms with Crippen molar-refractivity contribution in [1.82, 2.24) is 0 Å². The van der Waals surface area contributed by atoms with Crippen LogP contribution < -0.4 is 0 Å². The first kappa shape index (κ1) is 29.3. The van der Waals surface area contributed by atoms with Gasteiger partial charge in [-0.05, 0) is 102 Å². The van der Waals surface area contributed by atoms with Crippen molar-refractivity contribution in [3.05, 3.63) is 204 Å². The minimum Gasteiger partial charge on any atom is -0.456 e. The minimum absolute atomic E-state index is 0.567. The summed E-state index contributed by atoms with van der Waals surface area (Å²) in [6.45, 7) is 0. The van der Waals surface area contributed by atoms with Crippen molar-refractivity contribution in [2.24, 2.45) is 0 Å². The van der Waals surface area contributed by atoms with Crippen LogP contribution in [0.15, 0.2) is 191 Å². The molecule has 0 saturated carbocycles. The first-order valence-corrected chi connectivity index (χ1v) is 19.0. The predicted octanol–water partition coefficient (Wildman–Crippen LogP) is 14.4. The smallest absolute Gasteiger partial charge is 0.143 e. The highest BCUT2D eigenvalue weighted by Gasteiger charge is 2.48. The maximum atomic E-state index is 7.18. The molecule has 0 N–H and O–H groups in total. The lowest BCUT2D eigenvalue weighted by Crippen LogP contribution is -2.28. The molecule has 0 aliphatic heterocycles. The molecule has 12 aromatic rings. The Morgan fingerprint density at radius 1 is 0.327 bits per heavy atom. The Labute approximate surface area is 315 Å². The molecule has 1 aliphatic carbocycles. The summed E-state index contributed by atoms with van der Waals surface area (Å²) in [6, 6.07) is 66.4. The molecule has 10 aromatic carbocycles. The summed E-state index contributed by atoms with van der Waals surface area (Å²) in [5.41, 5.74) is 12.5. The molecule has 0 saturated heterocycles. The molecule has 0 bridgehead atoms. The summed E-state index contributed by atoms with van der Waals surface area (Å²) in [4.78, 5) is 0. The van der Waals surface area contributed by atoms with Crippen LogP contribution in [-0.4, -0.2) is 0 Å². The second-order valence-electron chi connectivity index (χ2n) is 15.1. The molecule has 0 unspecified atom stereocenters. The lowest BCUT2D eigenvalue weighted by Gasteiger charge is -2.33. The summed E-state index contributed by atoms with van der Waals surface area (Å²) in [6.07, 6.45) is 0. The van der Waals surface area contributed by atoms with Gasteiger partial charge in [0.1, 0.15) is 22.3 Å². The molecule has 13 rings (SSSR count). The number of fused-ring (bicyclic) bond motifs is 11. The van der Waals surface area contributed by atoms with Gasteiger partial charge in [0.05, 0.1) is 5.41 Å². The van der Waals surface area contributed by atoms with Gasteiger partial charge in [-0.15, -0.1) is 0 Å². The van der Waals surface area contributed by atoms with E-state index in [1.807, 2.05) is 6.07 Å². The third kappa shape index (κ3) is 3.73. The Balaban J connectivity index is 1.11. The van der Waals surface area contributed by atoms with Crippen LogP contribution in [0.3, 0.4) is 0 Å². The standard InChI is InChI=1S/C53H30O2/c1-3-12-37(13-4-1)53(38-14-5-2-6-15-38)42-26-27-45-49(41-16-7-8-17-44(41)54-45)50(42)51-43(53)25-24-40-39-23-22-33(30-46(39)55-52(40)51)36-28-34-20-18-31-10-9-11-32-19-21-35(29-36)48(34)47(31)32/h1-30H. The van der Waals surface area contributed by atoms with Crippen LogP contribution in [0.25, 0.3) is 98.4 Å². The van der Waals surface area contributed by atoms with Crippen LogP contribution in [0.4, 0.5) is 0 Å². The van der Waals surface area contributed by atoms with E-state index in [2.05, 4.69) is 176 Å². The van der Waals surface area contributed by atoms with E-state index in [4.69, 9.17) is 8.83 Å². The molecule has 1 aliphatic rings. The molecule has 0 spiro atoms. The van der Waals surface area contributed by atoms with Crippen molar-refractivity contribution < 1.29 is 8.83 Å². The number of furan rings is 2. The van der Waals surface area contributed by atoms with Gasteiger partial charge in [0.15, 0.2) is 0 Å². The second-order valence-corrected chi connectivity index (χ2v) is 15.1. The van der Waals surface area contributed by atoms with Gasteiger partial charge >= 0.3 is 0 Å². The van der Waals surface area contributed by atoms with Crippen molar-refractivity contribution in [3.63, 3.8) is 0 Å². The monoisotopic (exact) mass is 698 g/mol. The van der Waals surface area contributed by atoms with Crippen LogP contribution in [0.2, 0.25) is 0 Å². The van der Waals surface area contributed by atoms with Crippen LogP contribution in [0.5, 0.6) is 0 Å². The molecule has 2 nitrogen and oxygen atoms in total. The normalized spacial score (nSPS) is 13.6. The van der Waals surface area contributed by atoms with E-state index >= 15 is 0 Å². The van der Waals surface area contributed by atoms with Crippen molar-refractivity contribution in [2.75, 3.05) is 0 Å². The predicted molar refractivity (Wildman–Crippen MR) is 227 cm³/mol. The molecule has 254 valence electrons. The zero-order valence-corrected chi connectivity index (χ0v) is 29.6. The molecule has 2 aromatic heterocycles. The molecule has 0 atom stereocenters. The SMILES string of the molecule is c1ccc(C2(c3ccccc3)c3ccc4c(oc5cc(-c6cc7ccc8cccc9ccc(c6)c7c89)ccc54)c3-c3c2ccc2oc4ccccc4c32)cc1. The topological polar surface area (TPSA) is 26.3 Å². The fraction of sp³-hybridized carbons (Fsp3) is 0.0189. The highest BCUT2D eigenvalue weighted by atomic mass is 16.3. The van der Waals surface area contributed by atoms with Crippen LogP contribution in [0.1, 0.15) is 22.3 Å². The zero-order chi connectivity index (χ0) is 35.8. The summed E-state index contributed by atoms with van der Waals surface area (Å²) >= 11 is 0. The van der Waals surface area contributed by atoms with Crippen molar-refractivity contribution >= 4 is 76.2 Å². The van der Waals surface area contributed by atoms with Gasteiger partial charge in [-0.1, -0.05) is 146 Å². The molecular weight excluding hydrogens is 669 g/mol. The summed E-state index contributed by atoms with van der Waals surface area (Å²) in [5, 5.41) is 12.2. The summed E-state index contributed by atoms with van der Waals surface area (Å²) in [5.74, 6) is 0. The fourth-order valence-corrected chi connectivity index (χ4v) is 10.2. The van der Waals surface area contributed by atoms with Crippen molar-refractivity contribution in [3.8, 4) is 22.3 Å². The lowest BCUT2D eigenvalue weighted by atomic mass is 9.67. The molecule has 2 heterocycles. The molecule has 0 amide bonds. The van der Waals surface area contributed by atoms with Gasteiger partial charge < -0.3 is 8.83 Å². The third-order valence-corrected chi connectivity index (χ3v) is 12.5. The van der Waals surface area contributed by atoms with E-state index in [1.165, 1.54) is 65.7 Å². The average molecular weight is 699 g/mol. The maximum absolute atomic E-state index is 7.18. The minimum atomic E-state index is -0.567. The Kier molecular flexibility index (Phi) is 5.59. The van der Waals surface area contributed by atoms with Crippen molar-refractivity contribution in [2.45, 2.75) is 5.41 Å². The van der Waals surface area contributed by atoms with Crippen LogP contribution >= 0.6 is 0 Å². The van der Waals surface area contributed by atoms with Gasteiger partial charge in [-0.3, -0.25) is 0 Å². The van der Waals surface area contributed by atoms with E-state index in [9.17, 15) is 0 Å². The Hall–Kier alpha value is -7.16. The lowest BCUT2D eigenvalue weighted by molar-refractivity contribution is 0.668. The maximum Gasteiger partial charge on any atom is 0.143 e. The van der Waals surface area contributed by atoms with E-state index in [0.29, 0.717) is 0 Å². The Morgan fingerprint density at radius 2 is 0.945 bits per heavy atom.